The molecular formula is C80H69N5. The number of benzene rings is 10. The second-order valence-corrected chi connectivity index (χ2v) is 22.7. The first-order valence-electron chi connectivity index (χ1n) is 29.9. The molecule has 0 amide bonds. The van der Waals surface area contributed by atoms with E-state index in [0.717, 1.165) is 90.8 Å². The zero-order valence-electron chi connectivity index (χ0n) is 49.6. The third-order valence-electron chi connectivity index (χ3n) is 17.2. The summed E-state index contributed by atoms with van der Waals surface area (Å²) in [6, 6.07) is 84.7. The highest BCUT2D eigenvalue weighted by Crippen LogP contribution is 2.48. The van der Waals surface area contributed by atoms with Crippen molar-refractivity contribution in [3.05, 3.63) is 289 Å². The van der Waals surface area contributed by atoms with Gasteiger partial charge in [-0.05, 0) is 205 Å². The fourth-order valence-corrected chi connectivity index (χ4v) is 12.7. The topological polar surface area (TPSA) is 38.9 Å². The van der Waals surface area contributed by atoms with Gasteiger partial charge in [-0.2, -0.15) is 0 Å². The first kappa shape index (κ1) is 54.2. The third-order valence-corrected chi connectivity index (χ3v) is 17.2. The summed E-state index contributed by atoms with van der Waals surface area (Å²) in [4.78, 5) is 12.0. The molecule has 0 aliphatic heterocycles. The van der Waals surface area contributed by atoms with Gasteiger partial charge < -0.3 is 14.0 Å². The maximum absolute atomic E-state index is 4.79. The van der Waals surface area contributed by atoms with E-state index in [2.05, 4.69) is 305 Å². The fourth-order valence-electron chi connectivity index (χ4n) is 12.7. The van der Waals surface area contributed by atoms with Gasteiger partial charge in [-0.25, -0.2) is 9.97 Å². The summed E-state index contributed by atoms with van der Waals surface area (Å²) in [5.74, 6) is 0.967. The molecule has 0 saturated carbocycles. The van der Waals surface area contributed by atoms with E-state index in [1.807, 2.05) is 18.5 Å². The number of allylic oxidation sites excluding steroid dienone is 6. The van der Waals surface area contributed by atoms with Gasteiger partial charge in [-0.3, -0.25) is 0 Å². The average Bonchev–Trinajstić information content (AvgIpc) is 1.60. The molecule has 3 aromatic heterocycles. The molecular weight excluding hydrogens is 1030 g/mol. The number of aromatic nitrogens is 4. The van der Waals surface area contributed by atoms with E-state index in [1.165, 1.54) is 66.4 Å². The number of anilines is 3. The third kappa shape index (κ3) is 10.4. The Labute approximate surface area is 499 Å². The van der Waals surface area contributed by atoms with E-state index in [0.29, 0.717) is 5.82 Å². The highest BCUT2D eigenvalue weighted by molar-refractivity contribution is 6.28. The predicted molar refractivity (Wildman–Crippen MR) is 362 cm³/mol. The van der Waals surface area contributed by atoms with Gasteiger partial charge >= 0.3 is 0 Å². The van der Waals surface area contributed by atoms with Crippen molar-refractivity contribution in [2.45, 2.75) is 61.3 Å². The van der Waals surface area contributed by atoms with E-state index in [4.69, 9.17) is 9.97 Å². The van der Waals surface area contributed by atoms with Crippen molar-refractivity contribution >= 4 is 66.2 Å². The average molecular weight is 1100 g/mol. The van der Waals surface area contributed by atoms with Gasteiger partial charge in [0, 0.05) is 67.9 Å². The minimum atomic E-state index is 0.277. The van der Waals surface area contributed by atoms with Gasteiger partial charge in [0.2, 0.25) is 0 Å². The van der Waals surface area contributed by atoms with E-state index < -0.39 is 0 Å². The van der Waals surface area contributed by atoms with Crippen LogP contribution in [0.3, 0.4) is 0 Å². The molecule has 1 atom stereocenters. The highest BCUT2D eigenvalue weighted by Gasteiger charge is 2.27. The Morgan fingerprint density at radius 3 is 1.54 bits per heavy atom. The quantitative estimate of drug-likeness (QED) is 0.0961. The molecule has 0 bridgehead atoms. The summed E-state index contributed by atoms with van der Waals surface area (Å²) in [5, 5.41) is 4.68. The van der Waals surface area contributed by atoms with Gasteiger partial charge in [-0.15, -0.1) is 0 Å². The summed E-state index contributed by atoms with van der Waals surface area (Å²) in [6.07, 6.45) is 12.5. The van der Waals surface area contributed by atoms with Crippen LogP contribution in [0.4, 0.5) is 17.1 Å². The number of fused-ring (bicyclic) bond motifs is 7. The van der Waals surface area contributed by atoms with Gasteiger partial charge in [0.25, 0.3) is 0 Å². The summed E-state index contributed by atoms with van der Waals surface area (Å²) in [7, 11) is 0. The molecule has 3 heterocycles. The Kier molecular flexibility index (Phi) is 14.8. The minimum absolute atomic E-state index is 0.277. The molecule has 0 aliphatic carbocycles. The SMILES string of the molecule is CC/C(C)=C/C=C\C(C)/C(CC)=C(\C)c1ccc2c(c1)c1cc(-c3ccc(N(c4ccc(-c5ccccc5)cc4)c4ccc(-c5ccccc5)cc4)cc3)c3c4cc(-c5ncccn5)ccc4n(-c4cccc(C)c4)c3c1n2-c1cccc(C)c1. The standard InChI is InChI=1S/C80H69N5/c1-8-53(3)20-16-23-56(6)70(9-2)57(7)63-36-44-75-72(50-63)73-52-71(62-34-42-67(43-35-62)83(65-38-30-60(31-39-65)58-24-12-10-13-25-58)66-40-32-61(33-41-66)59-26-14-11-15-27-59)77-74-51-64(80-81-46-19-47-82-80)37-45-76(74)85(69-29-18-22-55(5)49-69)79(77)78(73)84(75)68-28-17-21-54(4)48-68/h10-52,56H,8-9H2,1-7H3/b23-16-,53-20+,70-57+. The molecule has 0 saturated heterocycles. The molecule has 414 valence electrons. The molecule has 85 heavy (non-hydrogen) atoms. The van der Waals surface area contributed by atoms with Crippen molar-refractivity contribution in [2.24, 2.45) is 5.92 Å². The summed E-state index contributed by atoms with van der Waals surface area (Å²) in [5.41, 5.74) is 25.7. The number of nitrogens with zero attached hydrogens (tertiary/aromatic N) is 5. The predicted octanol–water partition coefficient (Wildman–Crippen LogP) is 22.2. The molecule has 0 fully saturated rings. The Balaban J connectivity index is 1.09. The monoisotopic (exact) mass is 1100 g/mol. The zero-order valence-corrected chi connectivity index (χ0v) is 49.6. The van der Waals surface area contributed by atoms with Gasteiger partial charge in [0.15, 0.2) is 5.82 Å². The van der Waals surface area contributed by atoms with Gasteiger partial charge in [0.1, 0.15) is 0 Å². The number of aryl methyl sites for hydroxylation is 2. The smallest absolute Gasteiger partial charge is 0.159 e. The van der Waals surface area contributed by atoms with E-state index in [-0.39, 0.29) is 5.92 Å². The molecule has 0 aliphatic rings. The second-order valence-electron chi connectivity index (χ2n) is 22.7. The minimum Gasteiger partial charge on any atom is -0.311 e. The van der Waals surface area contributed by atoms with E-state index >= 15 is 0 Å². The van der Waals surface area contributed by atoms with Crippen LogP contribution in [0.25, 0.3) is 105 Å². The molecule has 0 N–H and O–H groups in total. The largest absolute Gasteiger partial charge is 0.311 e. The molecule has 13 aromatic rings. The molecule has 0 spiro atoms. The van der Waals surface area contributed by atoms with Crippen molar-refractivity contribution in [1.29, 1.82) is 0 Å². The van der Waals surface area contributed by atoms with Crippen molar-refractivity contribution in [1.82, 2.24) is 19.1 Å². The lowest BCUT2D eigenvalue weighted by molar-refractivity contribution is 0.811. The van der Waals surface area contributed by atoms with Crippen molar-refractivity contribution in [2.75, 3.05) is 4.90 Å². The lowest BCUT2D eigenvalue weighted by atomic mass is 9.89. The van der Waals surface area contributed by atoms with Crippen molar-refractivity contribution in [3.8, 4) is 56.1 Å². The van der Waals surface area contributed by atoms with Crippen LogP contribution in [0.1, 0.15) is 64.2 Å². The van der Waals surface area contributed by atoms with Crippen LogP contribution in [0.15, 0.2) is 272 Å². The van der Waals surface area contributed by atoms with Crippen LogP contribution >= 0.6 is 0 Å². The van der Waals surface area contributed by atoms with Crippen LogP contribution in [-0.4, -0.2) is 19.1 Å². The maximum Gasteiger partial charge on any atom is 0.159 e. The Bertz CT molecular complexity index is 4590. The molecule has 10 aromatic carbocycles. The fraction of sp³-hybridized carbons (Fsp3) is 0.125. The summed E-state index contributed by atoms with van der Waals surface area (Å²) < 4.78 is 5.04. The number of hydrogen-bond acceptors (Lipinski definition) is 3. The van der Waals surface area contributed by atoms with Crippen LogP contribution in [0.5, 0.6) is 0 Å². The van der Waals surface area contributed by atoms with Gasteiger partial charge in [-0.1, -0.05) is 178 Å². The summed E-state index contributed by atoms with van der Waals surface area (Å²) >= 11 is 0. The van der Waals surface area contributed by atoms with Crippen molar-refractivity contribution in [3.63, 3.8) is 0 Å². The summed E-state index contributed by atoms with van der Waals surface area (Å²) in [6.45, 7) is 15.8. The van der Waals surface area contributed by atoms with Gasteiger partial charge in [0.05, 0.1) is 22.1 Å². The van der Waals surface area contributed by atoms with Crippen molar-refractivity contribution < 1.29 is 0 Å². The lowest BCUT2D eigenvalue weighted by Crippen LogP contribution is -2.09. The first-order valence-corrected chi connectivity index (χ1v) is 29.9. The van der Waals surface area contributed by atoms with Crippen LogP contribution in [-0.2, 0) is 0 Å². The molecule has 13 rings (SSSR count). The Morgan fingerprint density at radius 2 is 0.988 bits per heavy atom. The Hall–Kier alpha value is -10.1. The molecule has 0 radical (unpaired) electrons. The lowest BCUT2D eigenvalue weighted by Gasteiger charge is -2.26. The maximum atomic E-state index is 4.79. The van der Waals surface area contributed by atoms with Crippen LogP contribution < -0.4 is 4.90 Å². The van der Waals surface area contributed by atoms with E-state index in [9.17, 15) is 0 Å². The van der Waals surface area contributed by atoms with E-state index in [1.54, 1.807) is 0 Å². The highest BCUT2D eigenvalue weighted by atomic mass is 15.1. The molecule has 5 heteroatoms. The Morgan fingerprint density at radius 1 is 0.471 bits per heavy atom. The molecule has 5 nitrogen and oxygen atoms in total. The zero-order chi connectivity index (χ0) is 58.1. The van der Waals surface area contributed by atoms with Crippen LogP contribution in [0.2, 0.25) is 0 Å². The van der Waals surface area contributed by atoms with Crippen LogP contribution in [0, 0.1) is 19.8 Å². The second kappa shape index (κ2) is 23.3. The normalized spacial score (nSPS) is 12.7. The molecule has 1 unspecified atom stereocenters. The number of hydrogen-bond donors (Lipinski definition) is 0. The first-order chi connectivity index (χ1) is 41.6. The number of rotatable bonds is 15.